The van der Waals surface area contributed by atoms with E-state index in [1.165, 1.54) is 89.9 Å². The Hall–Kier alpha value is -1.25. The zero-order valence-corrected chi connectivity index (χ0v) is 31.9. The minimum Gasteiger partial charge on any atom is -0.462 e. The van der Waals surface area contributed by atoms with Crippen molar-refractivity contribution in [2.24, 2.45) is 0 Å². The zero-order chi connectivity index (χ0) is 35.1. The highest BCUT2D eigenvalue weighted by Crippen LogP contribution is 2.43. The summed E-state index contributed by atoms with van der Waals surface area (Å²) in [5, 5.41) is 0. The fourth-order valence-electron chi connectivity index (χ4n) is 5.03. The van der Waals surface area contributed by atoms with E-state index in [2.05, 4.69) is 19.9 Å². The first-order valence-electron chi connectivity index (χ1n) is 18.9. The molecule has 1 N–H and O–H groups in total. The number of esters is 2. The van der Waals surface area contributed by atoms with Crippen molar-refractivity contribution < 1.29 is 42.1 Å². The van der Waals surface area contributed by atoms with Crippen LogP contribution in [0.15, 0.2) is 12.2 Å². The third kappa shape index (κ3) is 34.4. The van der Waals surface area contributed by atoms with Gasteiger partial charge in [-0.2, -0.15) is 0 Å². The molecule has 0 aliphatic rings. The number of ether oxygens (including phenoxy) is 2. The first-order chi connectivity index (χ1) is 22.5. The molecule has 0 fully saturated rings. The lowest BCUT2D eigenvalue weighted by Crippen LogP contribution is -2.37. The molecule has 0 aliphatic carbocycles. The van der Waals surface area contributed by atoms with Crippen LogP contribution >= 0.6 is 7.82 Å². The molecule has 0 saturated heterocycles. The van der Waals surface area contributed by atoms with Gasteiger partial charge in [0, 0.05) is 12.8 Å². The molecule has 0 aliphatic heterocycles. The fourth-order valence-corrected chi connectivity index (χ4v) is 5.77. The third-order valence-electron chi connectivity index (χ3n) is 8.06. The molecule has 2 atom stereocenters. The number of rotatable bonds is 34. The van der Waals surface area contributed by atoms with Crippen LogP contribution in [0.4, 0.5) is 0 Å². The maximum absolute atomic E-state index is 12.5. The van der Waals surface area contributed by atoms with Gasteiger partial charge in [0.05, 0.1) is 27.7 Å². The Bertz CT molecular complexity index is 830. The minimum atomic E-state index is -4.36. The summed E-state index contributed by atoms with van der Waals surface area (Å²) in [6.07, 6.45) is 28.5. The average molecular weight is 691 g/mol. The molecule has 0 spiro atoms. The van der Waals surface area contributed by atoms with Crippen molar-refractivity contribution in [1.29, 1.82) is 0 Å². The van der Waals surface area contributed by atoms with E-state index in [0.29, 0.717) is 23.9 Å². The Labute approximate surface area is 288 Å². The molecule has 0 aromatic heterocycles. The Balaban J connectivity index is 4.41. The van der Waals surface area contributed by atoms with Gasteiger partial charge in [0.15, 0.2) is 6.10 Å². The number of carbonyl (C=O) groups excluding carboxylic acids is 2. The van der Waals surface area contributed by atoms with Gasteiger partial charge in [-0.15, -0.1) is 0 Å². The van der Waals surface area contributed by atoms with Crippen LogP contribution in [-0.2, 0) is 32.7 Å². The van der Waals surface area contributed by atoms with Crippen LogP contribution in [0, 0.1) is 0 Å². The summed E-state index contributed by atoms with van der Waals surface area (Å²) in [6.45, 7) is 4.34. The monoisotopic (exact) mass is 691 g/mol. The van der Waals surface area contributed by atoms with E-state index in [1.54, 1.807) is 0 Å². The number of carbonyl (C=O) groups is 2. The molecule has 0 aromatic carbocycles. The summed E-state index contributed by atoms with van der Waals surface area (Å²) in [7, 11) is 1.46. The van der Waals surface area contributed by atoms with Crippen LogP contribution in [0.3, 0.4) is 0 Å². The second kappa shape index (κ2) is 30.8. The topological polar surface area (TPSA) is 108 Å². The van der Waals surface area contributed by atoms with Crippen LogP contribution < -0.4 is 0 Å². The van der Waals surface area contributed by atoms with Crippen molar-refractivity contribution in [3.8, 4) is 0 Å². The van der Waals surface area contributed by atoms with Gasteiger partial charge >= 0.3 is 19.8 Å². The average Bonchev–Trinajstić information content (AvgIpc) is 3.01. The van der Waals surface area contributed by atoms with Gasteiger partial charge in [-0.25, -0.2) is 4.57 Å². The first-order valence-corrected chi connectivity index (χ1v) is 20.4. The van der Waals surface area contributed by atoms with Gasteiger partial charge in [-0.05, 0) is 25.7 Å². The molecule has 0 saturated carbocycles. The number of unbranched alkanes of at least 4 members (excludes halogenated alkanes) is 18. The van der Waals surface area contributed by atoms with Gasteiger partial charge in [0.25, 0.3) is 0 Å². The van der Waals surface area contributed by atoms with Crippen LogP contribution in [-0.4, -0.2) is 74.9 Å². The number of phosphoric acid groups is 1. The van der Waals surface area contributed by atoms with Crippen LogP contribution in [0.5, 0.6) is 0 Å². The van der Waals surface area contributed by atoms with Crippen LogP contribution in [0.25, 0.3) is 0 Å². The Morgan fingerprint density at radius 1 is 0.638 bits per heavy atom. The highest BCUT2D eigenvalue weighted by Gasteiger charge is 2.27. The highest BCUT2D eigenvalue weighted by atomic mass is 31.2. The molecule has 0 aromatic rings. The fraction of sp³-hybridized carbons (Fsp3) is 0.892. The second-order valence-corrected chi connectivity index (χ2v) is 15.4. The van der Waals surface area contributed by atoms with Crippen molar-refractivity contribution in [3.05, 3.63) is 12.2 Å². The number of hydrogen-bond acceptors (Lipinski definition) is 7. The van der Waals surface area contributed by atoms with Crippen molar-refractivity contribution in [3.63, 3.8) is 0 Å². The van der Waals surface area contributed by atoms with E-state index in [1.807, 2.05) is 27.2 Å². The molecule has 1 unspecified atom stereocenters. The lowest BCUT2D eigenvalue weighted by Gasteiger charge is -2.24. The zero-order valence-electron chi connectivity index (χ0n) is 31.0. The Kier molecular flexibility index (Phi) is 30.0. The van der Waals surface area contributed by atoms with Crippen molar-refractivity contribution in [2.45, 2.75) is 168 Å². The molecule has 47 heavy (non-hydrogen) atoms. The quantitative estimate of drug-likeness (QED) is 0.0234. The highest BCUT2D eigenvalue weighted by molar-refractivity contribution is 7.47. The summed E-state index contributed by atoms with van der Waals surface area (Å²) >= 11 is 0. The van der Waals surface area contributed by atoms with E-state index < -0.39 is 32.5 Å². The maximum Gasteiger partial charge on any atom is 0.472 e. The Morgan fingerprint density at radius 2 is 1.13 bits per heavy atom. The number of quaternary nitrogens is 1. The number of likely N-dealkylation sites (N-methyl/N-ethyl adjacent to an activating group) is 1. The molecule has 9 nitrogen and oxygen atoms in total. The van der Waals surface area contributed by atoms with Gasteiger partial charge in [0.2, 0.25) is 0 Å². The summed E-state index contributed by atoms with van der Waals surface area (Å²) in [4.78, 5) is 35.0. The molecule has 0 rings (SSSR count). The largest absolute Gasteiger partial charge is 0.472 e. The first kappa shape index (κ1) is 45.8. The van der Waals surface area contributed by atoms with E-state index in [4.69, 9.17) is 18.5 Å². The lowest BCUT2D eigenvalue weighted by atomic mass is 10.1. The number of allylic oxidation sites excluding steroid dienone is 2. The molecule has 278 valence electrons. The summed E-state index contributed by atoms with van der Waals surface area (Å²) in [5.74, 6) is -0.857. The number of nitrogens with zero attached hydrogens (tertiary/aromatic N) is 1. The SMILES string of the molecule is CCCCCCCCCCCCC/C=C/CCC(=O)OC[C@@H](COP(=O)(O)OCC[N+](C)(C)C)OC(=O)CCCCCCCCCC. The van der Waals surface area contributed by atoms with E-state index in [-0.39, 0.29) is 26.1 Å². The van der Waals surface area contributed by atoms with Gasteiger partial charge in [-0.3, -0.25) is 18.6 Å². The third-order valence-corrected chi connectivity index (χ3v) is 9.04. The van der Waals surface area contributed by atoms with Crippen molar-refractivity contribution in [2.75, 3.05) is 47.5 Å². The van der Waals surface area contributed by atoms with E-state index >= 15 is 0 Å². The molecule has 0 radical (unpaired) electrons. The molecule has 10 heteroatoms. The second-order valence-electron chi connectivity index (χ2n) is 14.0. The normalized spacial score (nSPS) is 13.9. The minimum absolute atomic E-state index is 0.0297. The predicted molar refractivity (Wildman–Crippen MR) is 192 cm³/mol. The van der Waals surface area contributed by atoms with E-state index in [0.717, 1.165) is 32.1 Å². The maximum atomic E-state index is 12.5. The number of hydrogen-bond donors (Lipinski definition) is 1. The molecular weight excluding hydrogens is 617 g/mol. The van der Waals surface area contributed by atoms with Gasteiger partial charge < -0.3 is 18.9 Å². The molecule has 0 heterocycles. The van der Waals surface area contributed by atoms with E-state index in [9.17, 15) is 19.0 Å². The summed E-state index contributed by atoms with van der Waals surface area (Å²) in [5.41, 5.74) is 0. The smallest absolute Gasteiger partial charge is 0.462 e. The number of phosphoric ester groups is 1. The molecular formula is C37H73NO8P+. The van der Waals surface area contributed by atoms with Gasteiger partial charge in [0.1, 0.15) is 19.8 Å². The van der Waals surface area contributed by atoms with Crippen molar-refractivity contribution >= 4 is 19.8 Å². The standard InChI is InChI=1S/C37H72NO8P/c1-6-8-10-12-14-16-17-18-19-20-21-22-24-25-27-29-36(39)43-33-35(34-45-47(41,42)44-32-31-38(3,4)5)46-37(40)30-28-26-23-15-13-11-9-7-2/h24-25,35H,6-23,26-34H2,1-5H3/p+1/b25-24+/t35-/m0/s1. The lowest BCUT2D eigenvalue weighted by molar-refractivity contribution is -0.870. The van der Waals surface area contributed by atoms with Crippen LogP contribution in [0.1, 0.15) is 162 Å². The van der Waals surface area contributed by atoms with Crippen LogP contribution in [0.2, 0.25) is 0 Å². The summed E-state index contributed by atoms with van der Waals surface area (Å²) in [6, 6.07) is 0. The predicted octanol–water partition coefficient (Wildman–Crippen LogP) is 9.85. The Morgan fingerprint density at radius 3 is 1.66 bits per heavy atom. The van der Waals surface area contributed by atoms with Crippen molar-refractivity contribution in [1.82, 2.24) is 0 Å². The molecule has 0 bridgehead atoms. The molecule has 0 amide bonds. The summed E-state index contributed by atoms with van der Waals surface area (Å²) < 4.78 is 34.0. The van der Waals surface area contributed by atoms with Gasteiger partial charge in [-0.1, -0.05) is 135 Å².